The summed E-state index contributed by atoms with van der Waals surface area (Å²) in [4.78, 5) is 25.8. The standard InChI is InChI=1S/C24H26N6O3/c1-16-26-27-23-8-5-19-14-20(6-7-22(19)29(16)23)25-24(31)18-9-11-28(12-10-18)15-17-3-2-4-21(13-17)30(32)33/h2-4,6-7,13-14,18H,5,8-12,15H2,1H3,(H,25,31). The highest BCUT2D eigenvalue weighted by Gasteiger charge is 2.26. The summed E-state index contributed by atoms with van der Waals surface area (Å²) in [6.45, 7) is 4.19. The predicted molar refractivity (Wildman–Crippen MR) is 123 cm³/mol. The monoisotopic (exact) mass is 446 g/mol. The first-order valence-electron chi connectivity index (χ1n) is 11.3. The number of carbonyl (C=O) groups is 1. The second kappa shape index (κ2) is 8.74. The fraction of sp³-hybridized carbons (Fsp3) is 0.375. The van der Waals surface area contributed by atoms with Crippen LogP contribution in [-0.4, -0.2) is 43.6 Å². The first kappa shape index (κ1) is 21.3. The van der Waals surface area contributed by atoms with Crippen LogP contribution in [0.5, 0.6) is 0 Å². The van der Waals surface area contributed by atoms with Gasteiger partial charge in [-0.15, -0.1) is 10.2 Å². The molecule has 0 unspecified atom stereocenters. The normalized spacial score (nSPS) is 16.2. The fourth-order valence-electron chi connectivity index (χ4n) is 4.83. The second-order valence-corrected chi connectivity index (χ2v) is 8.81. The van der Waals surface area contributed by atoms with Crippen LogP contribution in [0.4, 0.5) is 11.4 Å². The van der Waals surface area contributed by atoms with Crippen LogP contribution in [0.1, 0.15) is 35.6 Å². The van der Waals surface area contributed by atoms with Gasteiger partial charge in [0, 0.05) is 36.7 Å². The molecule has 3 aromatic rings. The van der Waals surface area contributed by atoms with Crippen molar-refractivity contribution < 1.29 is 9.72 Å². The highest BCUT2D eigenvalue weighted by atomic mass is 16.6. The maximum atomic E-state index is 12.9. The number of rotatable bonds is 5. The third-order valence-electron chi connectivity index (χ3n) is 6.58. The van der Waals surface area contributed by atoms with E-state index in [1.807, 2.05) is 25.1 Å². The van der Waals surface area contributed by atoms with Gasteiger partial charge in [0.15, 0.2) is 0 Å². The zero-order chi connectivity index (χ0) is 22.9. The lowest BCUT2D eigenvalue weighted by Crippen LogP contribution is -2.37. The number of nitrogens with zero attached hydrogens (tertiary/aromatic N) is 5. The maximum Gasteiger partial charge on any atom is 0.269 e. The lowest BCUT2D eigenvalue weighted by Gasteiger charge is -2.31. The van der Waals surface area contributed by atoms with E-state index in [1.165, 1.54) is 11.6 Å². The Morgan fingerprint density at radius 3 is 2.76 bits per heavy atom. The zero-order valence-electron chi connectivity index (χ0n) is 18.5. The SMILES string of the molecule is Cc1nnc2n1-c1ccc(NC(=O)C3CCN(Cc4cccc([N+](=O)[O-])c4)CC3)cc1CC2. The minimum absolute atomic E-state index is 0.0333. The van der Waals surface area contributed by atoms with Gasteiger partial charge in [0.05, 0.1) is 10.6 Å². The van der Waals surface area contributed by atoms with E-state index in [9.17, 15) is 14.9 Å². The fourth-order valence-corrected chi connectivity index (χ4v) is 4.83. The Morgan fingerprint density at radius 2 is 1.97 bits per heavy atom. The van der Waals surface area contributed by atoms with E-state index < -0.39 is 0 Å². The van der Waals surface area contributed by atoms with Gasteiger partial charge in [-0.2, -0.15) is 0 Å². The van der Waals surface area contributed by atoms with E-state index in [1.54, 1.807) is 12.1 Å². The van der Waals surface area contributed by atoms with E-state index >= 15 is 0 Å². The molecule has 0 aliphatic carbocycles. The average molecular weight is 447 g/mol. The van der Waals surface area contributed by atoms with E-state index in [0.29, 0.717) is 6.54 Å². The van der Waals surface area contributed by atoms with Crippen molar-refractivity contribution in [2.45, 2.75) is 39.2 Å². The van der Waals surface area contributed by atoms with Crippen LogP contribution in [0.3, 0.4) is 0 Å². The van der Waals surface area contributed by atoms with Crippen LogP contribution in [0.25, 0.3) is 5.69 Å². The molecule has 0 spiro atoms. The van der Waals surface area contributed by atoms with Gasteiger partial charge in [-0.1, -0.05) is 12.1 Å². The molecule has 3 heterocycles. The van der Waals surface area contributed by atoms with Gasteiger partial charge in [0.1, 0.15) is 11.6 Å². The van der Waals surface area contributed by atoms with Crippen molar-refractivity contribution in [3.05, 3.63) is 75.4 Å². The molecule has 0 atom stereocenters. The predicted octanol–water partition coefficient (Wildman–Crippen LogP) is 3.43. The number of hydrogen-bond acceptors (Lipinski definition) is 6. The Hall–Kier alpha value is -3.59. The Balaban J connectivity index is 1.18. The average Bonchev–Trinajstić information content (AvgIpc) is 3.20. The van der Waals surface area contributed by atoms with Crippen LogP contribution in [0, 0.1) is 23.0 Å². The third kappa shape index (κ3) is 4.36. The van der Waals surface area contributed by atoms with Crippen molar-refractivity contribution in [3.63, 3.8) is 0 Å². The minimum Gasteiger partial charge on any atom is -0.326 e. The van der Waals surface area contributed by atoms with Gasteiger partial charge in [-0.3, -0.25) is 24.4 Å². The van der Waals surface area contributed by atoms with Gasteiger partial charge >= 0.3 is 0 Å². The molecule has 170 valence electrons. The molecule has 1 saturated heterocycles. The number of nitrogens with one attached hydrogen (secondary N) is 1. The van der Waals surface area contributed by atoms with Crippen LogP contribution in [0.15, 0.2) is 42.5 Å². The highest BCUT2D eigenvalue weighted by Crippen LogP contribution is 2.28. The van der Waals surface area contributed by atoms with Crippen LogP contribution in [0.2, 0.25) is 0 Å². The Morgan fingerprint density at radius 1 is 1.15 bits per heavy atom. The van der Waals surface area contributed by atoms with Gasteiger partial charge in [-0.05, 0) is 68.6 Å². The van der Waals surface area contributed by atoms with Gasteiger partial charge in [0.25, 0.3) is 5.69 Å². The number of aryl methyl sites for hydroxylation is 3. The van der Waals surface area contributed by atoms with Crippen molar-refractivity contribution in [1.82, 2.24) is 19.7 Å². The summed E-state index contributed by atoms with van der Waals surface area (Å²) in [5.41, 5.74) is 4.14. The van der Waals surface area contributed by atoms with E-state index in [2.05, 4.69) is 31.0 Å². The summed E-state index contributed by atoms with van der Waals surface area (Å²) in [5.74, 6) is 1.88. The third-order valence-corrected chi connectivity index (χ3v) is 6.58. The topological polar surface area (TPSA) is 106 Å². The zero-order valence-corrected chi connectivity index (χ0v) is 18.5. The number of anilines is 1. The Labute approximate surface area is 191 Å². The molecule has 2 aliphatic rings. The summed E-state index contributed by atoms with van der Waals surface area (Å²) in [6.07, 6.45) is 3.27. The Kier molecular flexibility index (Phi) is 5.63. The molecule has 1 amide bonds. The summed E-state index contributed by atoms with van der Waals surface area (Å²) >= 11 is 0. The van der Waals surface area contributed by atoms with Crippen molar-refractivity contribution in [2.24, 2.45) is 5.92 Å². The maximum absolute atomic E-state index is 12.9. The molecule has 1 N–H and O–H groups in total. The number of hydrogen-bond donors (Lipinski definition) is 1. The molecular weight excluding hydrogens is 420 g/mol. The number of aromatic nitrogens is 3. The number of likely N-dealkylation sites (tertiary alicyclic amines) is 1. The number of nitro benzene ring substituents is 1. The molecule has 33 heavy (non-hydrogen) atoms. The van der Waals surface area contributed by atoms with E-state index in [0.717, 1.165) is 67.4 Å². The highest BCUT2D eigenvalue weighted by molar-refractivity contribution is 5.92. The van der Waals surface area contributed by atoms with Crippen molar-refractivity contribution in [3.8, 4) is 5.69 Å². The first-order valence-corrected chi connectivity index (χ1v) is 11.3. The molecule has 1 aromatic heterocycles. The molecule has 5 rings (SSSR count). The van der Waals surface area contributed by atoms with Gasteiger partial charge in [-0.25, -0.2) is 0 Å². The Bertz CT molecular complexity index is 1210. The molecule has 1 fully saturated rings. The second-order valence-electron chi connectivity index (χ2n) is 8.81. The summed E-state index contributed by atoms with van der Waals surface area (Å²) in [5, 5.41) is 22.5. The van der Waals surface area contributed by atoms with Crippen molar-refractivity contribution in [2.75, 3.05) is 18.4 Å². The van der Waals surface area contributed by atoms with Crippen molar-refractivity contribution >= 4 is 17.3 Å². The lowest BCUT2D eigenvalue weighted by molar-refractivity contribution is -0.384. The number of amides is 1. The smallest absolute Gasteiger partial charge is 0.269 e. The lowest BCUT2D eigenvalue weighted by atomic mass is 9.95. The number of nitro groups is 1. The number of piperidine rings is 1. The quantitative estimate of drug-likeness (QED) is 0.475. The van der Waals surface area contributed by atoms with E-state index in [-0.39, 0.29) is 22.4 Å². The molecule has 9 nitrogen and oxygen atoms in total. The molecule has 9 heteroatoms. The first-order chi connectivity index (χ1) is 16.0. The van der Waals surface area contributed by atoms with Crippen LogP contribution in [-0.2, 0) is 24.2 Å². The number of benzene rings is 2. The molecule has 2 aliphatic heterocycles. The summed E-state index contributed by atoms with van der Waals surface area (Å²) in [6, 6.07) is 12.8. The van der Waals surface area contributed by atoms with Gasteiger partial charge < -0.3 is 5.32 Å². The number of carbonyl (C=O) groups excluding carboxylic acids is 1. The molecular formula is C24H26N6O3. The molecule has 0 radical (unpaired) electrons. The molecule has 0 bridgehead atoms. The van der Waals surface area contributed by atoms with Crippen LogP contribution >= 0.6 is 0 Å². The van der Waals surface area contributed by atoms with Crippen LogP contribution < -0.4 is 5.32 Å². The summed E-state index contributed by atoms with van der Waals surface area (Å²) < 4.78 is 2.08. The number of non-ortho nitro benzene ring substituents is 1. The van der Waals surface area contributed by atoms with E-state index in [4.69, 9.17) is 0 Å². The molecule has 0 saturated carbocycles. The minimum atomic E-state index is -0.368. The number of fused-ring (bicyclic) bond motifs is 3. The largest absolute Gasteiger partial charge is 0.326 e. The van der Waals surface area contributed by atoms with Gasteiger partial charge in [0.2, 0.25) is 5.91 Å². The summed E-state index contributed by atoms with van der Waals surface area (Å²) in [7, 11) is 0. The molecule has 2 aromatic carbocycles. The van der Waals surface area contributed by atoms with Crippen molar-refractivity contribution in [1.29, 1.82) is 0 Å².